The van der Waals surface area contributed by atoms with Gasteiger partial charge in [0.1, 0.15) is 0 Å². The fraction of sp³-hybridized carbons (Fsp3) is 0.571. The second-order valence-electron chi connectivity index (χ2n) is 2.44. The first-order valence-corrected chi connectivity index (χ1v) is 3.47. The van der Waals surface area contributed by atoms with Crippen molar-refractivity contribution in [2.24, 2.45) is 10.9 Å². The minimum Gasteiger partial charge on any atom is -0.409 e. The summed E-state index contributed by atoms with van der Waals surface area (Å²) in [5.74, 6) is 0.179. The second-order valence-corrected chi connectivity index (χ2v) is 2.44. The van der Waals surface area contributed by atoms with Crippen LogP contribution in [0.1, 0.15) is 13.8 Å². The van der Waals surface area contributed by atoms with E-state index in [1.165, 1.54) is 0 Å². The summed E-state index contributed by atoms with van der Waals surface area (Å²) in [6.07, 6.45) is 1.75. The Hall–Kier alpha value is -1.03. The molecule has 0 aromatic heterocycles. The normalized spacial score (nSPS) is 17.5. The molecular formula is C7H15N3O. The number of amidine groups is 1. The monoisotopic (exact) mass is 157 g/mol. The average molecular weight is 157 g/mol. The van der Waals surface area contributed by atoms with Crippen LogP contribution < -0.4 is 11.1 Å². The molecule has 0 bridgehead atoms. The Labute approximate surface area is 66.8 Å². The molecular weight excluding hydrogens is 142 g/mol. The zero-order chi connectivity index (χ0) is 8.85. The van der Waals surface area contributed by atoms with Gasteiger partial charge in [0.05, 0.1) is 6.04 Å². The molecule has 0 aromatic rings. The van der Waals surface area contributed by atoms with Crippen LogP contribution in [0.4, 0.5) is 0 Å². The van der Waals surface area contributed by atoms with E-state index < -0.39 is 0 Å². The molecule has 2 unspecified atom stereocenters. The summed E-state index contributed by atoms with van der Waals surface area (Å²) >= 11 is 0. The maximum Gasteiger partial charge on any atom is 0.156 e. The smallest absolute Gasteiger partial charge is 0.156 e. The molecule has 0 radical (unpaired) electrons. The van der Waals surface area contributed by atoms with Gasteiger partial charge in [-0.15, -0.1) is 6.58 Å². The number of nitrogens with one attached hydrogen (secondary N) is 1. The summed E-state index contributed by atoms with van der Waals surface area (Å²) in [7, 11) is 0. The van der Waals surface area contributed by atoms with Crippen LogP contribution in [0.25, 0.3) is 0 Å². The fourth-order valence-electron chi connectivity index (χ4n) is 0.634. The van der Waals surface area contributed by atoms with Crippen molar-refractivity contribution in [1.82, 2.24) is 5.32 Å². The van der Waals surface area contributed by atoms with Crippen molar-refractivity contribution in [2.45, 2.75) is 25.9 Å². The first kappa shape index (κ1) is 9.97. The molecule has 0 aromatic carbocycles. The molecule has 0 rings (SSSR count). The van der Waals surface area contributed by atoms with Gasteiger partial charge in [0.2, 0.25) is 0 Å². The Morgan fingerprint density at radius 2 is 2.27 bits per heavy atom. The first-order chi connectivity index (χ1) is 5.11. The highest BCUT2D eigenvalue weighted by Gasteiger charge is 2.07. The van der Waals surface area contributed by atoms with E-state index in [1.54, 1.807) is 6.08 Å². The summed E-state index contributed by atoms with van der Waals surface area (Å²) in [6.45, 7) is 7.35. The largest absolute Gasteiger partial charge is 0.409 e. The second kappa shape index (κ2) is 4.73. The lowest BCUT2D eigenvalue weighted by Gasteiger charge is -2.15. The van der Waals surface area contributed by atoms with Gasteiger partial charge < -0.3 is 16.3 Å². The summed E-state index contributed by atoms with van der Waals surface area (Å²) in [5, 5.41) is 14.2. The third kappa shape index (κ3) is 3.62. The summed E-state index contributed by atoms with van der Waals surface area (Å²) in [5.41, 5.74) is 5.32. The van der Waals surface area contributed by atoms with Gasteiger partial charge in [0, 0.05) is 6.04 Å². The number of hydrogen-bond donors (Lipinski definition) is 3. The van der Waals surface area contributed by atoms with Crippen molar-refractivity contribution in [2.75, 3.05) is 0 Å². The van der Waals surface area contributed by atoms with E-state index in [1.807, 2.05) is 13.8 Å². The molecule has 64 valence electrons. The highest BCUT2D eigenvalue weighted by Crippen LogP contribution is 1.87. The Balaban J connectivity index is 3.86. The third-order valence-electron chi connectivity index (χ3n) is 1.43. The Bertz CT molecular complexity index is 156. The van der Waals surface area contributed by atoms with Crippen molar-refractivity contribution in [1.29, 1.82) is 0 Å². The van der Waals surface area contributed by atoms with Crippen LogP contribution in [0, 0.1) is 0 Å². The van der Waals surface area contributed by atoms with Crippen LogP contribution in [-0.2, 0) is 0 Å². The minimum absolute atomic E-state index is 0.131. The van der Waals surface area contributed by atoms with Crippen LogP contribution in [0.5, 0.6) is 0 Å². The molecule has 4 N–H and O–H groups in total. The Morgan fingerprint density at radius 1 is 1.73 bits per heavy atom. The number of oxime groups is 1. The lowest BCUT2D eigenvalue weighted by molar-refractivity contribution is 0.314. The summed E-state index contributed by atoms with van der Waals surface area (Å²) in [4.78, 5) is 0. The van der Waals surface area contributed by atoms with Crippen LogP contribution in [0.15, 0.2) is 17.8 Å². The van der Waals surface area contributed by atoms with Crippen molar-refractivity contribution in [3.63, 3.8) is 0 Å². The van der Waals surface area contributed by atoms with Crippen molar-refractivity contribution in [3.8, 4) is 0 Å². The number of hydrogen-bond acceptors (Lipinski definition) is 3. The number of nitrogens with zero attached hydrogens (tertiary/aromatic N) is 1. The lowest BCUT2D eigenvalue weighted by atomic mass is 10.2. The van der Waals surface area contributed by atoms with E-state index >= 15 is 0 Å². The lowest BCUT2D eigenvalue weighted by Crippen LogP contribution is -2.42. The van der Waals surface area contributed by atoms with Gasteiger partial charge in [0.15, 0.2) is 5.84 Å². The average Bonchev–Trinajstić information content (AvgIpc) is 2.02. The van der Waals surface area contributed by atoms with E-state index in [2.05, 4.69) is 17.1 Å². The zero-order valence-corrected chi connectivity index (χ0v) is 6.91. The molecule has 0 fully saturated rings. The molecule has 2 atom stereocenters. The molecule has 0 heterocycles. The van der Waals surface area contributed by atoms with Gasteiger partial charge in [-0.1, -0.05) is 11.2 Å². The summed E-state index contributed by atoms with van der Waals surface area (Å²) in [6, 6.07) is 0.0262. The Morgan fingerprint density at radius 3 is 2.64 bits per heavy atom. The van der Waals surface area contributed by atoms with Crippen LogP contribution >= 0.6 is 0 Å². The van der Waals surface area contributed by atoms with Gasteiger partial charge >= 0.3 is 0 Å². The van der Waals surface area contributed by atoms with Gasteiger partial charge in [0.25, 0.3) is 0 Å². The molecule has 0 spiro atoms. The molecule has 11 heavy (non-hydrogen) atoms. The maximum absolute atomic E-state index is 8.29. The SMILES string of the molecule is C=CC(C)NC(C)/C(N)=N/O. The highest BCUT2D eigenvalue weighted by atomic mass is 16.4. The predicted octanol–water partition coefficient (Wildman–Crippen LogP) is 0.285. The van der Waals surface area contributed by atoms with Gasteiger partial charge in [-0.2, -0.15) is 0 Å². The number of rotatable bonds is 4. The Kier molecular flexibility index (Phi) is 4.29. The van der Waals surface area contributed by atoms with Crippen molar-refractivity contribution in [3.05, 3.63) is 12.7 Å². The third-order valence-corrected chi connectivity index (χ3v) is 1.43. The van der Waals surface area contributed by atoms with E-state index in [0.29, 0.717) is 0 Å². The van der Waals surface area contributed by atoms with Crippen LogP contribution in [0.2, 0.25) is 0 Å². The van der Waals surface area contributed by atoms with Gasteiger partial charge in [-0.3, -0.25) is 0 Å². The van der Waals surface area contributed by atoms with E-state index in [-0.39, 0.29) is 17.9 Å². The predicted molar refractivity (Wildman–Crippen MR) is 45.7 cm³/mol. The van der Waals surface area contributed by atoms with Gasteiger partial charge in [-0.25, -0.2) is 0 Å². The van der Waals surface area contributed by atoms with Crippen molar-refractivity contribution >= 4 is 5.84 Å². The molecule has 0 saturated heterocycles. The van der Waals surface area contributed by atoms with Gasteiger partial charge in [-0.05, 0) is 13.8 Å². The zero-order valence-electron chi connectivity index (χ0n) is 6.91. The van der Waals surface area contributed by atoms with E-state index in [4.69, 9.17) is 10.9 Å². The van der Waals surface area contributed by atoms with Crippen LogP contribution in [0.3, 0.4) is 0 Å². The molecule has 4 nitrogen and oxygen atoms in total. The van der Waals surface area contributed by atoms with Crippen molar-refractivity contribution < 1.29 is 5.21 Å². The first-order valence-electron chi connectivity index (χ1n) is 3.47. The maximum atomic E-state index is 8.29. The fourth-order valence-corrected chi connectivity index (χ4v) is 0.634. The highest BCUT2D eigenvalue weighted by molar-refractivity contribution is 5.84. The number of nitrogens with two attached hydrogens (primary N) is 1. The minimum atomic E-state index is -0.131. The van der Waals surface area contributed by atoms with Crippen LogP contribution in [-0.4, -0.2) is 23.1 Å². The summed E-state index contributed by atoms with van der Waals surface area (Å²) < 4.78 is 0. The topological polar surface area (TPSA) is 70.6 Å². The molecule has 0 aliphatic heterocycles. The standard InChI is InChI=1S/C7H15N3O/c1-4-5(2)9-6(3)7(8)10-11/h4-6,9,11H,1H2,2-3H3,(H2,8,10). The molecule has 0 saturated carbocycles. The molecule has 0 aliphatic rings. The van der Waals surface area contributed by atoms with E-state index in [9.17, 15) is 0 Å². The quantitative estimate of drug-likeness (QED) is 0.180. The molecule has 0 amide bonds. The molecule has 0 aliphatic carbocycles. The van der Waals surface area contributed by atoms with E-state index in [0.717, 1.165) is 0 Å². The molecule has 4 heteroatoms.